The van der Waals surface area contributed by atoms with Crippen molar-refractivity contribution >= 4 is 27.5 Å². The van der Waals surface area contributed by atoms with E-state index in [1.807, 2.05) is 38.1 Å². The maximum atomic E-state index is 13.6. The Balaban J connectivity index is 1.70. The molecule has 0 spiro atoms. The van der Waals surface area contributed by atoms with Crippen LogP contribution in [0.15, 0.2) is 83.8 Å². The molecule has 8 heteroatoms. The summed E-state index contributed by atoms with van der Waals surface area (Å²) in [6.45, 7) is 4.27. The van der Waals surface area contributed by atoms with Gasteiger partial charge in [-0.2, -0.15) is 4.31 Å². The SMILES string of the molecule is CCOc1ccc(N2C(=O)CC(N(Cc3ccc(C)cc3)S(=O)(=O)c3ccccc3)C2=O)cc1. The average molecular weight is 479 g/mol. The summed E-state index contributed by atoms with van der Waals surface area (Å²) in [4.78, 5) is 27.5. The lowest BCUT2D eigenvalue weighted by atomic mass is 10.1. The lowest BCUT2D eigenvalue weighted by Gasteiger charge is -2.27. The van der Waals surface area contributed by atoms with Crippen molar-refractivity contribution in [3.63, 3.8) is 0 Å². The van der Waals surface area contributed by atoms with Crippen molar-refractivity contribution in [1.82, 2.24) is 4.31 Å². The van der Waals surface area contributed by atoms with Crippen molar-refractivity contribution in [3.05, 3.63) is 90.0 Å². The van der Waals surface area contributed by atoms with Crippen LogP contribution in [-0.4, -0.2) is 37.2 Å². The van der Waals surface area contributed by atoms with E-state index < -0.39 is 27.9 Å². The number of carbonyl (C=O) groups excluding carboxylic acids is 2. The first-order chi connectivity index (χ1) is 16.3. The third-order valence-electron chi connectivity index (χ3n) is 5.69. The summed E-state index contributed by atoms with van der Waals surface area (Å²) < 4.78 is 33.8. The first-order valence-electron chi connectivity index (χ1n) is 11.0. The first-order valence-corrected chi connectivity index (χ1v) is 12.5. The summed E-state index contributed by atoms with van der Waals surface area (Å²) in [5, 5.41) is 0. The Morgan fingerprint density at radius 3 is 2.21 bits per heavy atom. The molecule has 0 saturated carbocycles. The van der Waals surface area contributed by atoms with Crippen LogP contribution in [0.4, 0.5) is 5.69 Å². The minimum absolute atomic E-state index is 0.0295. The van der Waals surface area contributed by atoms with Crippen molar-refractivity contribution < 1.29 is 22.7 Å². The molecule has 3 aromatic rings. The molecule has 0 bridgehead atoms. The van der Waals surface area contributed by atoms with Gasteiger partial charge in [0.15, 0.2) is 0 Å². The van der Waals surface area contributed by atoms with Gasteiger partial charge in [-0.3, -0.25) is 9.59 Å². The van der Waals surface area contributed by atoms with Gasteiger partial charge in [0.2, 0.25) is 15.9 Å². The third-order valence-corrected chi connectivity index (χ3v) is 7.55. The number of ether oxygens (including phenoxy) is 1. The minimum atomic E-state index is -4.06. The van der Waals surface area contributed by atoms with Crippen LogP contribution in [0.3, 0.4) is 0 Å². The summed E-state index contributed by atoms with van der Waals surface area (Å²) in [7, 11) is -4.06. The fourth-order valence-corrected chi connectivity index (χ4v) is 5.52. The second-order valence-electron chi connectivity index (χ2n) is 8.06. The van der Waals surface area contributed by atoms with Crippen LogP contribution in [0.2, 0.25) is 0 Å². The first kappa shape index (κ1) is 23.7. The second kappa shape index (κ2) is 9.79. The number of nitrogens with zero attached hydrogens (tertiary/aromatic N) is 2. The Hall–Kier alpha value is -3.49. The molecule has 0 aliphatic carbocycles. The topological polar surface area (TPSA) is 84.0 Å². The molecule has 1 aliphatic heterocycles. The Labute approximate surface area is 199 Å². The quantitative estimate of drug-likeness (QED) is 0.458. The predicted molar refractivity (Wildman–Crippen MR) is 129 cm³/mol. The third kappa shape index (κ3) is 4.73. The second-order valence-corrected chi connectivity index (χ2v) is 9.95. The molecule has 1 aliphatic rings. The monoisotopic (exact) mass is 478 g/mol. The highest BCUT2D eigenvalue weighted by atomic mass is 32.2. The number of amides is 2. The molecular formula is C26H26N2O5S. The van der Waals surface area contributed by atoms with Crippen LogP contribution in [0.1, 0.15) is 24.5 Å². The summed E-state index contributed by atoms with van der Waals surface area (Å²) in [6.07, 6.45) is -0.232. The standard InChI is InChI=1S/C26H26N2O5S/c1-3-33-22-15-13-21(14-16-22)28-25(29)17-24(26(28)30)27(18-20-11-9-19(2)10-12-20)34(31,32)23-7-5-4-6-8-23/h4-16,24H,3,17-18H2,1-2H3. The Morgan fingerprint density at radius 2 is 1.59 bits per heavy atom. The fourth-order valence-electron chi connectivity index (χ4n) is 3.93. The maximum absolute atomic E-state index is 13.6. The Morgan fingerprint density at radius 1 is 0.941 bits per heavy atom. The van der Waals surface area contributed by atoms with Gasteiger partial charge in [-0.1, -0.05) is 48.0 Å². The molecule has 4 rings (SSSR count). The highest BCUT2D eigenvalue weighted by molar-refractivity contribution is 7.89. The van der Waals surface area contributed by atoms with E-state index in [-0.39, 0.29) is 17.9 Å². The number of imide groups is 1. The number of benzene rings is 3. The normalized spacial score (nSPS) is 16.3. The van der Waals surface area contributed by atoms with Gasteiger partial charge in [0.25, 0.3) is 5.91 Å². The summed E-state index contributed by atoms with van der Waals surface area (Å²) in [5.74, 6) is -0.397. The molecule has 1 fully saturated rings. The number of hydrogen-bond acceptors (Lipinski definition) is 5. The summed E-state index contributed by atoms with van der Waals surface area (Å²) in [5.41, 5.74) is 2.15. The van der Waals surface area contributed by atoms with E-state index in [1.165, 1.54) is 12.1 Å². The summed E-state index contributed by atoms with van der Waals surface area (Å²) >= 11 is 0. The van der Waals surface area contributed by atoms with Crippen molar-refractivity contribution in [1.29, 1.82) is 0 Å². The number of anilines is 1. The minimum Gasteiger partial charge on any atom is -0.494 e. The average Bonchev–Trinajstić information content (AvgIpc) is 3.13. The van der Waals surface area contributed by atoms with Crippen molar-refractivity contribution in [3.8, 4) is 5.75 Å². The predicted octanol–water partition coefficient (Wildman–Crippen LogP) is 3.92. The number of carbonyl (C=O) groups is 2. The van der Waals surface area contributed by atoms with Crippen molar-refractivity contribution in [2.75, 3.05) is 11.5 Å². The molecule has 3 aromatic carbocycles. The number of hydrogen-bond donors (Lipinski definition) is 0. The van der Waals surface area contributed by atoms with Gasteiger partial charge < -0.3 is 4.74 Å². The zero-order valence-corrected chi connectivity index (χ0v) is 19.9. The van der Waals surface area contributed by atoms with E-state index in [2.05, 4.69) is 0 Å². The van der Waals surface area contributed by atoms with Gasteiger partial charge in [-0.25, -0.2) is 13.3 Å². The Kier molecular flexibility index (Phi) is 6.81. The zero-order valence-electron chi connectivity index (χ0n) is 19.0. The molecule has 7 nitrogen and oxygen atoms in total. The van der Waals surface area contributed by atoms with E-state index in [9.17, 15) is 18.0 Å². The van der Waals surface area contributed by atoms with Crippen molar-refractivity contribution in [2.24, 2.45) is 0 Å². The lowest BCUT2D eigenvalue weighted by molar-refractivity contribution is -0.122. The molecule has 0 aromatic heterocycles. The summed E-state index contributed by atoms with van der Waals surface area (Å²) in [6, 6.07) is 20.8. The highest BCUT2D eigenvalue weighted by Gasteiger charge is 2.47. The van der Waals surface area contributed by atoms with Gasteiger partial charge in [0.1, 0.15) is 11.8 Å². The van der Waals surface area contributed by atoms with E-state index >= 15 is 0 Å². The molecule has 1 saturated heterocycles. The van der Waals surface area contributed by atoms with Crippen molar-refractivity contribution in [2.45, 2.75) is 37.8 Å². The van der Waals surface area contributed by atoms with E-state index in [4.69, 9.17) is 4.74 Å². The number of sulfonamides is 1. The number of rotatable bonds is 8. The van der Waals surface area contributed by atoms with Gasteiger partial charge in [0, 0.05) is 6.54 Å². The number of aryl methyl sites for hydroxylation is 1. The van der Waals surface area contributed by atoms with E-state index in [0.717, 1.165) is 20.3 Å². The molecule has 2 amide bonds. The molecule has 0 radical (unpaired) electrons. The van der Waals surface area contributed by atoms with Crippen LogP contribution < -0.4 is 9.64 Å². The molecule has 1 heterocycles. The van der Waals surface area contributed by atoms with Crippen LogP contribution in [-0.2, 0) is 26.2 Å². The largest absolute Gasteiger partial charge is 0.494 e. The Bertz CT molecular complexity index is 1270. The molecule has 176 valence electrons. The molecule has 1 unspecified atom stereocenters. The van der Waals surface area contributed by atoms with Gasteiger partial charge >= 0.3 is 0 Å². The molecule has 34 heavy (non-hydrogen) atoms. The van der Waals surface area contributed by atoms with E-state index in [0.29, 0.717) is 18.0 Å². The zero-order chi connectivity index (χ0) is 24.3. The van der Waals surface area contributed by atoms with Crippen LogP contribution >= 0.6 is 0 Å². The van der Waals surface area contributed by atoms with Gasteiger partial charge in [0.05, 0.1) is 23.6 Å². The lowest BCUT2D eigenvalue weighted by Crippen LogP contribution is -2.45. The maximum Gasteiger partial charge on any atom is 0.252 e. The van der Waals surface area contributed by atoms with Crippen LogP contribution in [0.25, 0.3) is 0 Å². The smallest absolute Gasteiger partial charge is 0.252 e. The van der Waals surface area contributed by atoms with Crippen LogP contribution in [0, 0.1) is 6.92 Å². The highest BCUT2D eigenvalue weighted by Crippen LogP contribution is 2.31. The van der Waals surface area contributed by atoms with Gasteiger partial charge in [-0.15, -0.1) is 0 Å². The van der Waals surface area contributed by atoms with E-state index in [1.54, 1.807) is 42.5 Å². The van der Waals surface area contributed by atoms with Gasteiger partial charge in [-0.05, 0) is 55.8 Å². The van der Waals surface area contributed by atoms with Crippen LogP contribution in [0.5, 0.6) is 5.75 Å². The molecule has 1 atom stereocenters. The fraction of sp³-hybridized carbons (Fsp3) is 0.231. The molecular weight excluding hydrogens is 452 g/mol. The molecule has 0 N–H and O–H groups in total.